The molecule has 0 amide bonds. The van der Waals surface area contributed by atoms with Crippen LogP contribution in [0.3, 0.4) is 0 Å². The monoisotopic (exact) mass is 303 g/mol. The van der Waals surface area contributed by atoms with Gasteiger partial charge in [-0.3, -0.25) is 9.67 Å². The second kappa shape index (κ2) is 6.36. The normalized spacial score (nSPS) is 17.3. The summed E-state index contributed by atoms with van der Waals surface area (Å²) in [6.07, 6.45) is 1.42. The number of aryl methyl sites for hydroxylation is 1. The van der Waals surface area contributed by atoms with Crippen LogP contribution in [0.15, 0.2) is 11.2 Å². The molecular formula is C13H20F3N5. The Balaban J connectivity index is 1.98. The first-order valence-corrected chi connectivity index (χ1v) is 6.97. The van der Waals surface area contributed by atoms with E-state index in [-0.39, 0.29) is 12.1 Å². The Kier molecular flexibility index (Phi) is 4.74. The van der Waals surface area contributed by atoms with Gasteiger partial charge < -0.3 is 10.6 Å². The van der Waals surface area contributed by atoms with Gasteiger partial charge in [0.05, 0.1) is 0 Å². The van der Waals surface area contributed by atoms with Crippen LogP contribution in [0, 0.1) is 0 Å². The molecule has 2 rings (SSSR count). The van der Waals surface area contributed by atoms with Gasteiger partial charge in [0.15, 0.2) is 11.7 Å². The first-order valence-electron chi connectivity index (χ1n) is 6.97. The summed E-state index contributed by atoms with van der Waals surface area (Å²) >= 11 is 0. The number of rotatable bonds is 3. The predicted octanol–water partition coefficient (Wildman–Crippen LogP) is 2.05. The van der Waals surface area contributed by atoms with Crippen LogP contribution in [0.5, 0.6) is 0 Å². The summed E-state index contributed by atoms with van der Waals surface area (Å²) in [6, 6.07) is 0.354. The third-order valence-corrected chi connectivity index (χ3v) is 3.54. The number of hydrogen-bond donors (Lipinski definition) is 2. The lowest BCUT2D eigenvalue weighted by atomic mass is 10.2. The van der Waals surface area contributed by atoms with Gasteiger partial charge in [-0.25, -0.2) is 0 Å². The van der Waals surface area contributed by atoms with Crippen molar-refractivity contribution in [2.45, 2.75) is 44.4 Å². The molecule has 0 saturated heterocycles. The second-order valence-electron chi connectivity index (χ2n) is 5.23. The molecule has 1 aliphatic carbocycles. The molecule has 118 valence electrons. The zero-order chi connectivity index (χ0) is 15.5. The lowest BCUT2D eigenvalue weighted by Gasteiger charge is -2.17. The summed E-state index contributed by atoms with van der Waals surface area (Å²) in [7, 11) is 3.09. The van der Waals surface area contributed by atoms with E-state index in [4.69, 9.17) is 0 Å². The maximum absolute atomic E-state index is 12.8. The fourth-order valence-electron chi connectivity index (χ4n) is 2.54. The average molecular weight is 303 g/mol. The van der Waals surface area contributed by atoms with Gasteiger partial charge in [0.25, 0.3) is 0 Å². The zero-order valence-corrected chi connectivity index (χ0v) is 12.2. The third kappa shape index (κ3) is 4.12. The molecule has 0 aliphatic heterocycles. The lowest BCUT2D eigenvalue weighted by Crippen LogP contribution is -2.42. The molecule has 0 unspecified atom stereocenters. The molecule has 0 atom stereocenters. The van der Waals surface area contributed by atoms with Gasteiger partial charge >= 0.3 is 6.18 Å². The number of aliphatic imine (C=N–C) groups is 1. The zero-order valence-electron chi connectivity index (χ0n) is 12.2. The molecule has 1 aliphatic rings. The summed E-state index contributed by atoms with van der Waals surface area (Å²) < 4.78 is 39.7. The number of aromatic nitrogens is 2. The van der Waals surface area contributed by atoms with Crippen molar-refractivity contribution < 1.29 is 13.2 Å². The summed E-state index contributed by atoms with van der Waals surface area (Å²) in [6.45, 7) is 0.0368. The number of nitrogens with zero attached hydrogens (tertiary/aromatic N) is 3. The minimum atomic E-state index is -4.44. The molecule has 1 heterocycles. The molecular weight excluding hydrogens is 283 g/mol. The maximum Gasteiger partial charge on any atom is 0.435 e. The van der Waals surface area contributed by atoms with Gasteiger partial charge in [0.2, 0.25) is 0 Å². The highest BCUT2D eigenvalue weighted by atomic mass is 19.4. The van der Waals surface area contributed by atoms with Crippen molar-refractivity contribution in [3.05, 3.63) is 17.5 Å². The van der Waals surface area contributed by atoms with Crippen molar-refractivity contribution in [1.82, 2.24) is 20.4 Å². The minimum absolute atomic E-state index is 0.0368. The first-order chi connectivity index (χ1) is 9.90. The highest BCUT2D eigenvalue weighted by Gasteiger charge is 2.36. The van der Waals surface area contributed by atoms with Crippen LogP contribution in [-0.2, 0) is 19.8 Å². The topological polar surface area (TPSA) is 54.2 Å². The van der Waals surface area contributed by atoms with Gasteiger partial charge in [-0.1, -0.05) is 12.8 Å². The molecule has 1 aromatic rings. The molecule has 5 nitrogen and oxygen atoms in total. The van der Waals surface area contributed by atoms with Gasteiger partial charge in [-0.15, -0.1) is 0 Å². The average Bonchev–Trinajstić information content (AvgIpc) is 3.03. The highest BCUT2D eigenvalue weighted by molar-refractivity contribution is 5.80. The van der Waals surface area contributed by atoms with Gasteiger partial charge in [-0.2, -0.15) is 18.3 Å². The van der Waals surface area contributed by atoms with Crippen molar-refractivity contribution in [2.24, 2.45) is 12.0 Å². The van der Waals surface area contributed by atoms with Crippen molar-refractivity contribution in [3.63, 3.8) is 0 Å². The van der Waals surface area contributed by atoms with Crippen molar-refractivity contribution in [3.8, 4) is 0 Å². The molecule has 1 saturated carbocycles. The molecule has 0 radical (unpaired) electrons. The number of nitrogens with one attached hydrogen (secondary N) is 2. The van der Waals surface area contributed by atoms with E-state index in [0.29, 0.717) is 12.0 Å². The number of guanidine groups is 1. The van der Waals surface area contributed by atoms with Crippen LogP contribution in [0.4, 0.5) is 13.2 Å². The van der Waals surface area contributed by atoms with Crippen molar-refractivity contribution in [1.29, 1.82) is 0 Å². The van der Waals surface area contributed by atoms with Crippen molar-refractivity contribution >= 4 is 5.96 Å². The molecule has 0 bridgehead atoms. The smallest absolute Gasteiger partial charge is 0.354 e. The number of halogens is 3. The van der Waals surface area contributed by atoms with Gasteiger partial charge in [-0.05, 0) is 12.8 Å². The van der Waals surface area contributed by atoms with Gasteiger partial charge in [0.1, 0.15) is 0 Å². The minimum Gasteiger partial charge on any atom is -0.354 e. The molecule has 21 heavy (non-hydrogen) atoms. The summed E-state index contributed by atoms with van der Waals surface area (Å²) in [5.41, 5.74) is -0.742. The number of hydrogen-bond acceptors (Lipinski definition) is 2. The standard InChI is InChI=1S/C13H20F3N5/c1-17-12(19-10-5-3-4-6-10)18-7-9-8-21(2)20-11(9)13(14,15)16/h8,10H,3-7H2,1-2H3,(H2,17,18,19). The van der Waals surface area contributed by atoms with E-state index in [0.717, 1.165) is 12.8 Å². The second-order valence-corrected chi connectivity index (χ2v) is 5.23. The number of alkyl halides is 3. The van der Waals surface area contributed by atoms with E-state index in [1.165, 1.54) is 30.8 Å². The van der Waals surface area contributed by atoms with Crippen LogP contribution < -0.4 is 10.6 Å². The quantitative estimate of drug-likeness (QED) is 0.664. The Morgan fingerprint density at radius 2 is 2.10 bits per heavy atom. The van der Waals surface area contributed by atoms with E-state index < -0.39 is 11.9 Å². The van der Waals surface area contributed by atoms with Crippen LogP contribution >= 0.6 is 0 Å². The molecule has 2 N–H and O–H groups in total. The fourth-order valence-corrected chi connectivity index (χ4v) is 2.54. The predicted molar refractivity (Wildman–Crippen MR) is 73.8 cm³/mol. The van der Waals surface area contributed by atoms with Crippen LogP contribution in [0.1, 0.15) is 36.9 Å². The third-order valence-electron chi connectivity index (χ3n) is 3.54. The Labute approximate surface area is 121 Å². The molecule has 1 aromatic heterocycles. The van der Waals surface area contributed by atoms with Crippen LogP contribution in [0.2, 0.25) is 0 Å². The largest absolute Gasteiger partial charge is 0.435 e. The van der Waals surface area contributed by atoms with E-state index in [2.05, 4.69) is 20.7 Å². The molecule has 0 spiro atoms. The van der Waals surface area contributed by atoms with Crippen molar-refractivity contribution in [2.75, 3.05) is 7.05 Å². The Morgan fingerprint density at radius 1 is 1.43 bits per heavy atom. The summed E-state index contributed by atoms with van der Waals surface area (Å²) in [4.78, 5) is 4.05. The van der Waals surface area contributed by atoms with E-state index in [9.17, 15) is 13.2 Å². The highest BCUT2D eigenvalue weighted by Crippen LogP contribution is 2.30. The van der Waals surface area contributed by atoms with Crippen LogP contribution in [-0.4, -0.2) is 28.8 Å². The molecule has 1 fully saturated rings. The lowest BCUT2D eigenvalue weighted by molar-refractivity contribution is -0.142. The van der Waals surface area contributed by atoms with E-state index in [1.54, 1.807) is 7.05 Å². The first kappa shape index (κ1) is 15.7. The Morgan fingerprint density at radius 3 is 2.67 bits per heavy atom. The summed E-state index contributed by atoms with van der Waals surface area (Å²) in [5, 5.41) is 9.64. The van der Waals surface area contributed by atoms with Crippen LogP contribution in [0.25, 0.3) is 0 Å². The Bertz CT molecular complexity index is 500. The summed E-state index contributed by atoms with van der Waals surface area (Å²) in [5.74, 6) is 0.527. The Hall–Kier alpha value is -1.73. The SMILES string of the molecule is CN=C(NCc1cn(C)nc1C(F)(F)F)NC1CCCC1. The molecule has 8 heteroatoms. The van der Waals surface area contributed by atoms with Gasteiger partial charge in [0, 0.05) is 38.4 Å². The van der Waals surface area contributed by atoms with E-state index >= 15 is 0 Å². The molecule has 0 aromatic carbocycles. The maximum atomic E-state index is 12.8. The van der Waals surface area contributed by atoms with E-state index in [1.807, 2.05) is 0 Å². The fraction of sp³-hybridized carbons (Fsp3) is 0.692.